The van der Waals surface area contributed by atoms with Crippen molar-refractivity contribution in [3.63, 3.8) is 0 Å². The van der Waals surface area contributed by atoms with Gasteiger partial charge in [-0.05, 0) is 66.1 Å². The van der Waals surface area contributed by atoms with Gasteiger partial charge in [-0.25, -0.2) is 19.7 Å². The number of anilines is 2. The number of carboxylic acid groups (broad SMARTS) is 1. The van der Waals surface area contributed by atoms with Gasteiger partial charge in [0.1, 0.15) is 30.3 Å². The summed E-state index contributed by atoms with van der Waals surface area (Å²) in [6.07, 6.45) is 1.43. The smallest absolute Gasteiger partial charge is 0.335 e. The molecule has 5 aromatic rings. The number of aromatic nitrogens is 3. The van der Waals surface area contributed by atoms with Crippen LogP contribution in [0.15, 0.2) is 91.3 Å². The third kappa shape index (κ3) is 5.70. The highest BCUT2D eigenvalue weighted by Crippen LogP contribution is 2.34. The summed E-state index contributed by atoms with van der Waals surface area (Å²) in [4.78, 5) is 25.0. The summed E-state index contributed by atoms with van der Waals surface area (Å²) in [6, 6.07) is 25.6. The van der Waals surface area contributed by atoms with E-state index in [1.807, 2.05) is 54.6 Å². The molecule has 5 rings (SSSR count). The first-order valence-electron chi connectivity index (χ1n) is 12.2. The van der Waals surface area contributed by atoms with Gasteiger partial charge in [0.2, 0.25) is 0 Å². The van der Waals surface area contributed by atoms with Crippen LogP contribution >= 0.6 is 0 Å². The van der Waals surface area contributed by atoms with Crippen molar-refractivity contribution in [1.29, 1.82) is 0 Å². The number of benzene rings is 3. The molecule has 38 heavy (non-hydrogen) atoms. The molecule has 0 fully saturated rings. The molecule has 0 saturated heterocycles. The number of ether oxygens (including phenoxy) is 2. The molecule has 190 valence electrons. The highest BCUT2D eigenvalue weighted by Gasteiger charge is 2.14. The molecule has 0 spiro atoms. The molecule has 0 amide bonds. The van der Waals surface area contributed by atoms with Crippen molar-refractivity contribution >= 4 is 28.5 Å². The van der Waals surface area contributed by atoms with E-state index >= 15 is 0 Å². The predicted octanol–water partition coefficient (Wildman–Crippen LogP) is 6.96. The summed E-state index contributed by atoms with van der Waals surface area (Å²) >= 11 is 0. The van der Waals surface area contributed by atoms with Gasteiger partial charge in [0.05, 0.1) is 16.6 Å². The normalized spacial score (nSPS) is 10.9. The molecule has 0 aliphatic rings. The van der Waals surface area contributed by atoms with Gasteiger partial charge >= 0.3 is 5.97 Å². The molecule has 3 aromatic carbocycles. The molecule has 0 radical (unpaired) electrons. The summed E-state index contributed by atoms with van der Waals surface area (Å²) < 4.78 is 12.0. The largest absolute Gasteiger partial charge is 0.489 e. The first kappa shape index (κ1) is 24.7. The van der Waals surface area contributed by atoms with Crippen LogP contribution in [-0.2, 0) is 6.61 Å². The van der Waals surface area contributed by atoms with Crippen LogP contribution in [0, 0.1) is 0 Å². The topological polar surface area (TPSA) is 106 Å². The highest BCUT2D eigenvalue weighted by molar-refractivity contribution is 5.92. The van der Waals surface area contributed by atoms with Crippen LogP contribution in [0.5, 0.6) is 17.2 Å². The van der Waals surface area contributed by atoms with Gasteiger partial charge in [0.15, 0.2) is 11.4 Å². The summed E-state index contributed by atoms with van der Waals surface area (Å²) in [5, 5.41) is 13.5. The second-order valence-corrected chi connectivity index (χ2v) is 8.97. The van der Waals surface area contributed by atoms with Gasteiger partial charge in [-0.1, -0.05) is 44.2 Å². The molecule has 2 aromatic heterocycles. The van der Waals surface area contributed by atoms with Crippen LogP contribution in [0.1, 0.15) is 41.4 Å². The quantitative estimate of drug-likeness (QED) is 0.221. The summed E-state index contributed by atoms with van der Waals surface area (Å²) in [7, 11) is 0. The molecule has 0 atom stereocenters. The minimum absolute atomic E-state index is 0.114. The van der Waals surface area contributed by atoms with Crippen LogP contribution < -0.4 is 14.8 Å². The van der Waals surface area contributed by atoms with E-state index < -0.39 is 5.97 Å². The van der Waals surface area contributed by atoms with Crippen LogP contribution in [0.3, 0.4) is 0 Å². The third-order valence-corrected chi connectivity index (χ3v) is 5.89. The van der Waals surface area contributed by atoms with Crippen LogP contribution in [0.2, 0.25) is 0 Å². The van der Waals surface area contributed by atoms with E-state index in [9.17, 15) is 9.90 Å². The standard InChI is InChI=1S/C30H26N4O4/c1-19(2)25-14-13-24-28(33-25)31-18-32-29(24)34-26-16-21(30(35)36)8-15-27(26)38-23-11-9-22(10-12-23)37-17-20-6-4-3-5-7-20/h3-16,18-19H,17H2,1-2H3,(H,35,36)(H,31,32,33,34). The Kier molecular flexibility index (Phi) is 7.13. The SMILES string of the molecule is CC(C)c1ccc2c(Nc3cc(C(=O)O)ccc3Oc3ccc(OCc4ccccc4)cc3)ncnc2n1. The van der Waals surface area contributed by atoms with Gasteiger partial charge in [0, 0.05) is 5.69 Å². The Balaban J connectivity index is 1.39. The van der Waals surface area contributed by atoms with Crippen LogP contribution in [0.4, 0.5) is 11.5 Å². The van der Waals surface area contributed by atoms with E-state index in [1.165, 1.54) is 18.5 Å². The van der Waals surface area contributed by atoms with Crippen molar-refractivity contribution in [3.05, 3.63) is 108 Å². The zero-order valence-electron chi connectivity index (χ0n) is 21.0. The van der Waals surface area contributed by atoms with E-state index in [-0.39, 0.29) is 11.5 Å². The lowest BCUT2D eigenvalue weighted by atomic mass is 10.1. The van der Waals surface area contributed by atoms with E-state index in [0.717, 1.165) is 11.3 Å². The minimum atomic E-state index is -1.05. The fourth-order valence-electron chi connectivity index (χ4n) is 3.83. The number of nitrogens with zero attached hydrogens (tertiary/aromatic N) is 3. The molecule has 2 heterocycles. The maximum atomic E-state index is 11.7. The van der Waals surface area contributed by atoms with E-state index in [1.54, 1.807) is 18.2 Å². The number of pyridine rings is 1. The van der Waals surface area contributed by atoms with E-state index in [0.29, 0.717) is 46.4 Å². The number of carboxylic acids is 1. The zero-order chi connectivity index (χ0) is 26.5. The second kappa shape index (κ2) is 11.0. The molecular formula is C30H26N4O4. The van der Waals surface area contributed by atoms with Gasteiger partial charge in [-0.2, -0.15) is 0 Å². The number of carbonyl (C=O) groups is 1. The molecular weight excluding hydrogens is 480 g/mol. The molecule has 0 saturated carbocycles. The summed E-state index contributed by atoms with van der Waals surface area (Å²) in [6.45, 7) is 4.60. The lowest BCUT2D eigenvalue weighted by Gasteiger charge is -2.15. The third-order valence-electron chi connectivity index (χ3n) is 5.89. The fourth-order valence-corrected chi connectivity index (χ4v) is 3.83. The molecule has 0 bridgehead atoms. The van der Waals surface area contributed by atoms with Crippen molar-refractivity contribution in [3.8, 4) is 17.2 Å². The number of rotatable bonds is 9. The van der Waals surface area contributed by atoms with Crippen molar-refractivity contribution in [1.82, 2.24) is 15.0 Å². The number of hydrogen-bond donors (Lipinski definition) is 2. The Morgan fingerprint density at radius 1 is 0.921 bits per heavy atom. The molecule has 0 aliphatic carbocycles. The van der Waals surface area contributed by atoms with Gasteiger partial charge in [-0.3, -0.25) is 0 Å². The maximum Gasteiger partial charge on any atom is 0.335 e. The van der Waals surface area contributed by atoms with Crippen molar-refractivity contribution < 1.29 is 19.4 Å². The predicted molar refractivity (Wildman–Crippen MR) is 145 cm³/mol. The Hall–Kier alpha value is -4.98. The molecule has 8 heteroatoms. The number of hydrogen-bond acceptors (Lipinski definition) is 7. The Morgan fingerprint density at radius 2 is 1.68 bits per heavy atom. The van der Waals surface area contributed by atoms with Gasteiger partial charge in [0.25, 0.3) is 0 Å². The van der Waals surface area contributed by atoms with Gasteiger partial charge in [-0.15, -0.1) is 0 Å². The average molecular weight is 507 g/mol. The summed E-state index contributed by atoms with van der Waals surface area (Å²) in [5.41, 5.74) is 3.12. The Bertz CT molecular complexity index is 1570. The fraction of sp³-hybridized carbons (Fsp3) is 0.133. The first-order chi connectivity index (χ1) is 18.5. The highest BCUT2D eigenvalue weighted by atomic mass is 16.5. The van der Waals surface area contributed by atoms with Crippen LogP contribution in [0.25, 0.3) is 11.0 Å². The Morgan fingerprint density at radius 3 is 2.42 bits per heavy atom. The van der Waals surface area contributed by atoms with Crippen molar-refractivity contribution in [2.75, 3.05) is 5.32 Å². The molecule has 0 unspecified atom stereocenters. The second-order valence-electron chi connectivity index (χ2n) is 8.97. The van der Waals surface area contributed by atoms with Gasteiger partial charge < -0.3 is 19.9 Å². The minimum Gasteiger partial charge on any atom is -0.489 e. The van der Waals surface area contributed by atoms with E-state index in [4.69, 9.17) is 9.47 Å². The number of fused-ring (bicyclic) bond motifs is 1. The number of nitrogens with one attached hydrogen (secondary N) is 1. The molecule has 0 aliphatic heterocycles. The number of aromatic carboxylic acids is 1. The Labute approximate surface area is 220 Å². The van der Waals surface area contributed by atoms with Crippen molar-refractivity contribution in [2.24, 2.45) is 0 Å². The lowest BCUT2D eigenvalue weighted by Crippen LogP contribution is -2.03. The van der Waals surface area contributed by atoms with Crippen molar-refractivity contribution in [2.45, 2.75) is 26.4 Å². The molecule has 2 N–H and O–H groups in total. The van der Waals surface area contributed by atoms with E-state index in [2.05, 4.69) is 34.1 Å². The summed E-state index contributed by atoms with van der Waals surface area (Å²) in [5.74, 6) is 1.42. The zero-order valence-corrected chi connectivity index (χ0v) is 21.0. The monoisotopic (exact) mass is 506 g/mol. The molecule has 8 nitrogen and oxygen atoms in total. The average Bonchev–Trinajstić information content (AvgIpc) is 2.94. The maximum absolute atomic E-state index is 11.7. The first-order valence-corrected chi connectivity index (χ1v) is 12.2. The lowest BCUT2D eigenvalue weighted by molar-refractivity contribution is 0.0697. The van der Waals surface area contributed by atoms with Crippen LogP contribution in [-0.4, -0.2) is 26.0 Å².